The molecule has 1 heterocycles. The van der Waals surface area contributed by atoms with E-state index in [4.69, 9.17) is 0 Å². The summed E-state index contributed by atoms with van der Waals surface area (Å²) in [6.07, 6.45) is -2.28. The molecular weight excluding hydrogens is 187 g/mol. The van der Waals surface area contributed by atoms with Gasteiger partial charge in [0.1, 0.15) is 0 Å². The van der Waals surface area contributed by atoms with Crippen molar-refractivity contribution >= 4 is 11.8 Å². The summed E-state index contributed by atoms with van der Waals surface area (Å²) in [4.78, 5) is 0. The molecule has 1 aliphatic rings. The van der Waals surface area contributed by atoms with E-state index >= 15 is 0 Å². The lowest BCUT2D eigenvalue weighted by Crippen LogP contribution is -2.30. The SMILES string of the molecule is FC(F)(F)CSC1CCNCC1. The number of rotatable bonds is 2. The second kappa shape index (κ2) is 4.37. The van der Waals surface area contributed by atoms with Crippen LogP contribution < -0.4 is 5.32 Å². The van der Waals surface area contributed by atoms with E-state index < -0.39 is 11.9 Å². The standard InChI is InChI=1S/C7H12F3NS/c8-7(9,10)5-12-6-1-3-11-4-2-6/h6,11H,1-5H2. The highest BCUT2D eigenvalue weighted by Gasteiger charge is 2.29. The van der Waals surface area contributed by atoms with Gasteiger partial charge in [0, 0.05) is 5.25 Å². The molecule has 72 valence electrons. The molecule has 0 atom stereocenters. The Morgan fingerprint density at radius 1 is 1.25 bits per heavy atom. The molecule has 1 nitrogen and oxygen atoms in total. The number of alkyl halides is 3. The van der Waals surface area contributed by atoms with Crippen LogP contribution in [0.3, 0.4) is 0 Å². The predicted octanol–water partition coefficient (Wildman–Crippen LogP) is 2.03. The maximum Gasteiger partial charge on any atom is 0.397 e. The van der Waals surface area contributed by atoms with Gasteiger partial charge in [-0.2, -0.15) is 13.2 Å². The number of piperidine rings is 1. The summed E-state index contributed by atoms with van der Waals surface area (Å²) in [5.74, 6) is -0.697. The van der Waals surface area contributed by atoms with Crippen LogP contribution in [0.25, 0.3) is 0 Å². The maximum absolute atomic E-state index is 11.8. The van der Waals surface area contributed by atoms with Crippen molar-refractivity contribution in [3.8, 4) is 0 Å². The van der Waals surface area contributed by atoms with Crippen molar-refractivity contribution in [2.75, 3.05) is 18.8 Å². The Morgan fingerprint density at radius 2 is 1.83 bits per heavy atom. The van der Waals surface area contributed by atoms with E-state index in [2.05, 4.69) is 5.32 Å². The average molecular weight is 199 g/mol. The second-order valence-electron chi connectivity index (χ2n) is 2.88. The largest absolute Gasteiger partial charge is 0.397 e. The summed E-state index contributed by atoms with van der Waals surface area (Å²) in [5, 5.41) is 3.32. The normalized spacial score (nSPS) is 21.2. The molecule has 12 heavy (non-hydrogen) atoms. The zero-order valence-electron chi connectivity index (χ0n) is 6.66. The van der Waals surface area contributed by atoms with Crippen LogP contribution in [-0.2, 0) is 0 Å². The maximum atomic E-state index is 11.8. The first-order valence-corrected chi connectivity index (χ1v) is 5.02. The highest BCUT2D eigenvalue weighted by atomic mass is 32.2. The van der Waals surface area contributed by atoms with Crippen molar-refractivity contribution in [1.29, 1.82) is 0 Å². The summed E-state index contributed by atoms with van der Waals surface area (Å²) in [5.41, 5.74) is 0. The fourth-order valence-corrected chi connectivity index (χ4v) is 2.17. The summed E-state index contributed by atoms with van der Waals surface area (Å²) >= 11 is 1.04. The molecule has 0 aliphatic carbocycles. The van der Waals surface area contributed by atoms with Gasteiger partial charge in [0.2, 0.25) is 0 Å². The quantitative estimate of drug-likeness (QED) is 0.730. The van der Waals surface area contributed by atoms with Crippen molar-refractivity contribution in [1.82, 2.24) is 5.32 Å². The minimum absolute atomic E-state index is 0.202. The molecule has 1 aliphatic heterocycles. The number of nitrogens with one attached hydrogen (secondary N) is 1. The lowest BCUT2D eigenvalue weighted by molar-refractivity contribution is -0.105. The summed E-state index contributed by atoms with van der Waals surface area (Å²) in [6.45, 7) is 1.71. The predicted molar refractivity (Wildman–Crippen MR) is 44.4 cm³/mol. The van der Waals surface area contributed by atoms with Crippen LogP contribution in [-0.4, -0.2) is 30.3 Å². The van der Waals surface area contributed by atoms with Gasteiger partial charge in [-0.05, 0) is 25.9 Å². The molecule has 0 aromatic heterocycles. The topological polar surface area (TPSA) is 12.0 Å². The Bertz CT molecular complexity index is 131. The fourth-order valence-electron chi connectivity index (χ4n) is 1.17. The first-order chi connectivity index (χ1) is 5.58. The van der Waals surface area contributed by atoms with Crippen molar-refractivity contribution in [3.63, 3.8) is 0 Å². The fraction of sp³-hybridized carbons (Fsp3) is 1.00. The van der Waals surface area contributed by atoms with Gasteiger partial charge in [-0.15, -0.1) is 11.8 Å². The van der Waals surface area contributed by atoms with Crippen LogP contribution in [0.1, 0.15) is 12.8 Å². The summed E-state index contributed by atoms with van der Waals surface area (Å²) in [6, 6.07) is 0. The van der Waals surface area contributed by atoms with Gasteiger partial charge >= 0.3 is 6.18 Å². The lowest BCUT2D eigenvalue weighted by atomic mass is 10.2. The highest BCUT2D eigenvalue weighted by molar-refractivity contribution is 7.99. The number of halogens is 3. The zero-order valence-corrected chi connectivity index (χ0v) is 7.47. The Morgan fingerprint density at radius 3 is 2.33 bits per heavy atom. The lowest BCUT2D eigenvalue weighted by Gasteiger charge is -2.22. The molecule has 0 amide bonds. The summed E-state index contributed by atoms with van der Waals surface area (Å²) in [7, 11) is 0. The van der Waals surface area contributed by atoms with E-state index in [1.165, 1.54) is 0 Å². The first-order valence-electron chi connectivity index (χ1n) is 3.97. The van der Waals surface area contributed by atoms with Crippen molar-refractivity contribution in [3.05, 3.63) is 0 Å². The molecule has 0 bridgehead atoms. The number of hydrogen-bond donors (Lipinski definition) is 1. The molecule has 0 aromatic carbocycles. The summed E-state index contributed by atoms with van der Waals surface area (Å²) < 4.78 is 35.3. The van der Waals surface area contributed by atoms with Crippen LogP contribution in [0.5, 0.6) is 0 Å². The van der Waals surface area contributed by atoms with E-state index in [9.17, 15) is 13.2 Å². The van der Waals surface area contributed by atoms with Gasteiger partial charge in [0.05, 0.1) is 5.75 Å². The van der Waals surface area contributed by atoms with Crippen molar-refractivity contribution in [2.24, 2.45) is 0 Å². The van der Waals surface area contributed by atoms with Crippen molar-refractivity contribution in [2.45, 2.75) is 24.3 Å². The van der Waals surface area contributed by atoms with Crippen molar-refractivity contribution < 1.29 is 13.2 Å². The van der Waals surface area contributed by atoms with E-state index in [-0.39, 0.29) is 5.25 Å². The average Bonchev–Trinajstić information content (AvgIpc) is 2.02. The molecule has 0 radical (unpaired) electrons. The van der Waals surface area contributed by atoms with Gasteiger partial charge in [0.15, 0.2) is 0 Å². The van der Waals surface area contributed by atoms with Gasteiger partial charge < -0.3 is 5.32 Å². The zero-order chi connectivity index (χ0) is 9.03. The Labute approximate surface area is 74.1 Å². The van der Waals surface area contributed by atoms with Crippen LogP contribution in [0.2, 0.25) is 0 Å². The Hall–Kier alpha value is 0.1000. The first kappa shape index (κ1) is 10.2. The molecule has 0 unspecified atom stereocenters. The third-order valence-corrected chi connectivity index (χ3v) is 3.21. The third kappa shape index (κ3) is 4.21. The molecule has 1 fully saturated rings. The van der Waals surface area contributed by atoms with E-state index in [1.807, 2.05) is 0 Å². The second-order valence-corrected chi connectivity index (χ2v) is 4.16. The van der Waals surface area contributed by atoms with Gasteiger partial charge in [-0.25, -0.2) is 0 Å². The minimum atomic E-state index is -4.00. The molecule has 0 spiro atoms. The minimum Gasteiger partial charge on any atom is -0.317 e. The van der Waals surface area contributed by atoms with Crippen LogP contribution in [0, 0.1) is 0 Å². The van der Waals surface area contributed by atoms with Crippen LogP contribution >= 0.6 is 11.8 Å². The highest BCUT2D eigenvalue weighted by Crippen LogP contribution is 2.27. The molecule has 1 N–H and O–H groups in total. The van der Waals surface area contributed by atoms with E-state index in [0.29, 0.717) is 0 Å². The smallest absolute Gasteiger partial charge is 0.317 e. The molecule has 5 heteroatoms. The molecular formula is C7H12F3NS. The van der Waals surface area contributed by atoms with Gasteiger partial charge in [0.25, 0.3) is 0 Å². The van der Waals surface area contributed by atoms with E-state index in [0.717, 1.165) is 37.7 Å². The molecule has 0 aromatic rings. The van der Waals surface area contributed by atoms with Gasteiger partial charge in [-0.3, -0.25) is 0 Å². The number of thioether (sulfide) groups is 1. The third-order valence-electron chi connectivity index (χ3n) is 1.77. The Balaban J connectivity index is 2.13. The van der Waals surface area contributed by atoms with E-state index in [1.54, 1.807) is 0 Å². The number of hydrogen-bond acceptors (Lipinski definition) is 2. The van der Waals surface area contributed by atoms with Gasteiger partial charge in [-0.1, -0.05) is 0 Å². The monoisotopic (exact) mass is 199 g/mol. The molecule has 1 saturated heterocycles. The van der Waals surface area contributed by atoms with Crippen LogP contribution in [0.15, 0.2) is 0 Å². The Kier molecular flexibility index (Phi) is 3.71. The van der Waals surface area contributed by atoms with Crippen LogP contribution in [0.4, 0.5) is 13.2 Å². The molecule has 0 saturated carbocycles. The molecule has 1 rings (SSSR count).